The van der Waals surface area contributed by atoms with Gasteiger partial charge in [0.25, 0.3) is 5.91 Å². The van der Waals surface area contributed by atoms with Crippen LogP contribution in [0.5, 0.6) is 0 Å². The molecule has 1 aromatic carbocycles. The van der Waals surface area contributed by atoms with E-state index in [0.717, 1.165) is 31.7 Å². The van der Waals surface area contributed by atoms with Crippen molar-refractivity contribution in [3.05, 3.63) is 53.3 Å². The van der Waals surface area contributed by atoms with Gasteiger partial charge in [0.15, 0.2) is 0 Å². The minimum absolute atomic E-state index is 0.0359. The van der Waals surface area contributed by atoms with Crippen LogP contribution in [0.3, 0.4) is 0 Å². The van der Waals surface area contributed by atoms with Crippen molar-refractivity contribution in [1.82, 2.24) is 29.7 Å². The summed E-state index contributed by atoms with van der Waals surface area (Å²) in [6, 6.07) is 6.57. The molecule has 0 radical (unpaired) electrons. The first-order valence-corrected chi connectivity index (χ1v) is 13.9. The monoisotopic (exact) mass is 590 g/mol. The molecule has 43 heavy (non-hydrogen) atoms. The van der Waals surface area contributed by atoms with Gasteiger partial charge < -0.3 is 36.0 Å². The zero-order valence-electron chi connectivity index (χ0n) is 23.8. The average Bonchev–Trinajstić information content (AvgIpc) is 3.46. The summed E-state index contributed by atoms with van der Waals surface area (Å²) in [5.41, 5.74) is 13.8. The molecule has 3 aliphatic rings. The average molecular weight is 591 g/mol. The van der Waals surface area contributed by atoms with Crippen LogP contribution in [-0.4, -0.2) is 119 Å². The van der Waals surface area contributed by atoms with Crippen LogP contribution < -0.4 is 21.3 Å². The highest BCUT2D eigenvalue weighted by Crippen LogP contribution is 2.35. The molecule has 6 rings (SSSR count). The van der Waals surface area contributed by atoms with Crippen molar-refractivity contribution in [2.75, 3.05) is 81.6 Å². The summed E-state index contributed by atoms with van der Waals surface area (Å²) in [6.45, 7) is 6.03. The van der Waals surface area contributed by atoms with Crippen molar-refractivity contribution in [1.29, 1.82) is 0 Å². The lowest BCUT2D eigenvalue weighted by molar-refractivity contribution is 0.0664. The highest BCUT2D eigenvalue weighted by Gasteiger charge is 2.31. The summed E-state index contributed by atoms with van der Waals surface area (Å²) < 4.78 is 5.37. The number of hydrogen-bond acceptors (Lipinski definition) is 11. The van der Waals surface area contributed by atoms with Crippen LogP contribution >= 0.6 is 0 Å². The number of primary amides is 1. The maximum Gasteiger partial charge on any atom is 0.413 e. The second kappa shape index (κ2) is 13.0. The first-order chi connectivity index (χ1) is 20.7. The molecule has 2 saturated heterocycles. The number of fused-ring (bicyclic) bond motifs is 1. The molecule has 0 bridgehead atoms. The van der Waals surface area contributed by atoms with Crippen molar-refractivity contribution in [3.63, 3.8) is 0 Å². The maximum absolute atomic E-state index is 12.2. The molecule has 0 aliphatic carbocycles. The van der Waals surface area contributed by atoms with E-state index in [1.54, 1.807) is 41.6 Å². The fraction of sp³-hybridized carbons (Fsp3) is 0.393. The number of morpholine rings is 1. The number of rotatable bonds is 4. The quantitative estimate of drug-likeness (QED) is 0.382. The Balaban J connectivity index is 0.000000181. The van der Waals surface area contributed by atoms with Crippen molar-refractivity contribution < 1.29 is 24.2 Å². The van der Waals surface area contributed by atoms with E-state index < -0.39 is 12.0 Å². The van der Waals surface area contributed by atoms with E-state index in [1.165, 1.54) is 4.90 Å². The predicted octanol–water partition coefficient (Wildman–Crippen LogP) is 0.566. The van der Waals surface area contributed by atoms with Crippen LogP contribution in [0.4, 0.5) is 22.5 Å². The molecule has 3 aliphatic heterocycles. The minimum atomic E-state index is -1.02. The number of hydrogen-bond donors (Lipinski definition) is 3. The van der Waals surface area contributed by atoms with Crippen LogP contribution in [0.2, 0.25) is 0 Å². The molecule has 3 amide bonds. The maximum atomic E-state index is 12.2. The van der Waals surface area contributed by atoms with Gasteiger partial charge in [-0.2, -0.15) is 4.98 Å². The number of benzene rings is 1. The van der Waals surface area contributed by atoms with E-state index in [-0.39, 0.29) is 11.9 Å². The van der Waals surface area contributed by atoms with Gasteiger partial charge in [0.1, 0.15) is 5.82 Å². The number of amides is 3. The Labute approximate surface area is 248 Å². The Bertz CT molecular complexity index is 1490. The van der Waals surface area contributed by atoms with Gasteiger partial charge in [-0.3, -0.25) is 14.5 Å². The molecule has 0 unspecified atom stereocenters. The molecule has 0 spiro atoms. The normalized spacial score (nSPS) is 16.7. The first kappa shape index (κ1) is 29.6. The molecule has 0 saturated carbocycles. The Morgan fingerprint density at radius 2 is 1.60 bits per heavy atom. The van der Waals surface area contributed by atoms with Crippen molar-refractivity contribution in [2.24, 2.45) is 5.73 Å². The molecule has 0 atom stereocenters. The van der Waals surface area contributed by atoms with Gasteiger partial charge in [0.2, 0.25) is 17.8 Å². The fourth-order valence-electron chi connectivity index (χ4n) is 5.03. The lowest BCUT2D eigenvalue weighted by Crippen LogP contribution is -2.47. The van der Waals surface area contributed by atoms with E-state index >= 15 is 0 Å². The number of carbonyl (C=O) groups is 3. The Kier molecular flexibility index (Phi) is 8.92. The fourth-order valence-corrected chi connectivity index (χ4v) is 5.03. The number of nitrogens with two attached hydrogens (primary N) is 2. The summed E-state index contributed by atoms with van der Waals surface area (Å²) in [5.74, 6) is 0.544. The van der Waals surface area contributed by atoms with Gasteiger partial charge >= 0.3 is 6.09 Å². The van der Waals surface area contributed by atoms with Crippen LogP contribution in [-0.2, 0) is 11.2 Å². The van der Waals surface area contributed by atoms with Crippen molar-refractivity contribution in [3.8, 4) is 11.3 Å². The van der Waals surface area contributed by atoms with Crippen LogP contribution in [0.15, 0.2) is 36.7 Å². The van der Waals surface area contributed by atoms with Gasteiger partial charge in [-0.1, -0.05) is 6.07 Å². The molecule has 226 valence electrons. The number of aromatic nitrogens is 4. The molecule has 15 nitrogen and oxygen atoms in total. The second-order valence-corrected chi connectivity index (χ2v) is 10.3. The standard InChI is InChI=1S/C15H17N7O3.C13H17N3O2/c16-13-17-7-9(8-18-13)11-10-1-2-22(15(23)24)12(10)20-14(19-11)21-3-5-25-6-4-21;1-15-5-7-16(8-6-15)13(18)11-4-2-3-10(9-11)12(14)17/h7-8H,1-6H2,(H,23,24)(H2,16,17,18);2-4,9H,5-8H2,1H3,(H2,14,17). The number of carbonyl (C=O) groups excluding carboxylic acids is 2. The smallest absolute Gasteiger partial charge is 0.413 e. The third-order valence-electron chi connectivity index (χ3n) is 7.47. The number of ether oxygens (including phenoxy) is 1. The minimum Gasteiger partial charge on any atom is -0.465 e. The third kappa shape index (κ3) is 6.79. The summed E-state index contributed by atoms with van der Waals surface area (Å²) in [6.07, 6.45) is 2.71. The van der Waals surface area contributed by atoms with Crippen LogP contribution in [0.1, 0.15) is 26.3 Å². The highest BCUT2D eigenvalue weighted by atomic mass is 16.5. The first-order valence-electron chi connectivity index (χ1n) is 13.9. The number of likely N-dealkylation sites (N-methyl/N-ethyl adjacent to an activating group) is 1. The van der Waals surface area contributed by atoms with Gasteiger partial charge in [0, 0.05) is 80.5 Å². The summed E-state index contributed by atoms with van der Waals surface area (Å²) in [5, 5.41) is 9.45. The van der Waals surface area contributed by atoms with Crippen LogP contribution in [0, 0.1) is 0 Å². The van der Waals surface area contributed by atoms with Gasteiger partial charge in [0.05, 0.1) is 18.9 Å². The highest BCUT2D eigenvalue weighted by molar-refractivity contribution is 5.99. The predicted molar refractivity (Wildman–Crippen MR) is 158 cm³/mol. The molecule has 2 fully saturated rings. The summed E-state index contributed by atoms with van der Waals surface area (Å²) in [7, 11) is 2.04. The van der Waals surface area contributed by atoms with Crippen molar-refractivity contribution in [2.45, 2.75) is 6.42 Å². The molecular formula is C28H34N10O5. The Morgan fingerprint density at radius 3 is 2.26 bits per heavy atom. The molecule has 15 heteroatoms. The van der Waals surface area contributed by atoms with E-state index in [9.17, 15) is 19.5 Å². The molecule has 5 heterocycles. The molecule has 5 N–H and O–H groups in total. The van der Waals surface area contributed by atoms with Crippen LogP contribution in [0.25, 0.3) is 11.3 Å². The number of piperazine rings is 1. The number of nitrogens with zero attached hydrogens (tertiary/aromatic N) is 8. The largest absolute Gasteiger partial charge is 0.465 e. The number of nitrogen functional groups attached to an aromatic ring is 1. The van der Waals surface area contributed by atoms with E-state index in [4.69, 9.17) is 16.2 Å². The lowest BCUT2D eigenvalue weighted by Gasteiger charge is -2.32. The summed E-state index contributed by atoms with van der Waals surface area (Å²) >= 11 is 0. The van der Waals surface area contributed by atoms with Crippen molar-refractivity contribution >= 4 is 35.6 Å². The molecular weight excluding hydrogens is 556 g/mol. The number of anilines is 3. The van der Waals surface area contributed by atoms with E-state index in [0.29, 0.717) is 73.4 Å². The molecule has 3 aromatic rings. The lowest BCUT2D eigenvalue weighted by atomic mass is 10.1. The Morgan fingerprint density at radius 1 is 0.930 bits per heavy atom. The third-order valence-corrected chi connectivity index (χ3v) is 7.47. The van der Waals surface area contributed by atoms with Gasteiger partial charge in [-0.15, -0.1) is 0 Å². The van der Waals surface area contributed by atoms with E-state index in [2.05, 4.69) is 24.8 Å². The SMILES string of the molecule is CN1CCN(C(=O)c2cccc(C(N)=O)c2)CC1.Nc1ncc(-c2nc(N3CCOCC3)nc3c2CCN3C(=O)O)cn1. The van der Waals surface area contributed by atoms with E-state index in [1.807, 2.05) is 11.9 Å². The number of carboxylic acid groups (broad SMARTS) is 1. The van der Waals surface area contributed by atoms with Gasteiger partial charge in [-0.25, -0.2) is 19.7 Å². The zero-order chi connectivity index (χ0) is 30.5. The molecule has 2 aromatic heterocycles. The topological polar surface area (TPSA) is 197 Å². The van der Waals surface area contributed by atoms with Gasteiger partial charge in [-0.05, 0) is 31.7 Å². The zero-order valence-corrected chi connectivity index (χ0v) is 23.8. The Hall–Kier alpha value is -4.89. The summed E-state index contributed by atoms with van der Waals surface area (Å²) in [4.78, 5) is 59.3. The second-order valence-electron chi connectivity index (χ2n) is 10.3.